The van der Waals surface area contributed by atoms with Gasteiger partial charge in [-0.25, -0.2) is 0 Å². The number of rotatable bonds is 2. The quantitative estimate of drug-likeness (QED) is 0.756. The first-order chi connectivity index (χ1) is 7.11. The predicted molar refractivity (Wildman–Crippen MR) is 57.8 cm³/mol. The molecule has 0 aromatic carbocycles. The van der Waals surface area contributed by atoms with E-state index in [-0.39, 0.29) is 0 Å². The van der Waals surface area contributed by atoms with Crippen molar-refractivity contribution in [1.82, 2.24) is 15.4 Å². The molecule has 2 aromatic rings. The zero-order chi connectivity index (χ0) is 11.0. The Labute approximate surface area is 88.7 Å². The standard InChI is InChI=1S/C11H15N3O/c1-6(2)9-8-5-12-15-11(8)10(7(3)4)14-13-9/h5-7H,1-4H3. The second-order valence-corrected chi connectivity index (χ2v) is 4.35. The van der Waals surface area contributed by atoms with E-state index in [9.17, 15) is 0 Å². The van der Waals surface area contributed by atoms with E-state index in [1.54, 1.807) is 6.20 Å². The van der Waals surface area contributed by atoms with Crippen molar-refractivity contribution in [2.24, 2.45) is 0 Å². The van der Waals surface area contributed by atoms with E-state index in [2.05, 4.69) is 43.0 Å². The van der Waals surface area contributed by atoms with Gasteiger partial charge in [-0.3, -0.25) is 0 Å². The molecule has 0 radical (unpaired) electrons. The van der Waals surface area contributed by atoms with Gasteiger partial charge in [0.2, 0.25) is 0 Å². The molecule has 2 rings (SSSR count). The van der Waals surface area contributed by atoms with Crippen molar-refractivity contribution in [1.29, 1.82) is 0 Å². The Bertz CT molecular complexity index is 432. The smallest absolute Gasteiger partial charge is 0.192 e. The van der Waals surface area contributed by atoms with Gasteiger partial charge in [0.15, 0.2) is 5.58 Å². The second-order valence-electron chi connectivity index (χ2n) is 4.35. The molecule has 0 aliphatic heterocycles. The summed E-state index contributed by atoms with van der Waals surface area (Å²) >= 11 is 0. The summed E-state index contributed by atoms with van der Waals surface area (Å²) in [5.74, 6) is 0.634. The fourth-order valence-corrected chi connectivity index (χ4v) is 1.62. The van der Waals surface area contributed by atoms with Crippen LogP contribution in [0, 0.1) is 0 Å². The molecule has 0 unspecified atom stereocenters. The monoisotopic (exact) mass is 205 g/mol. The molecule has 0 N–H and O–H groups in total. The van der Waals surface area contributed by atoms with Crippen LogP contribution in [-0.2, 0) is 0 Å². The molecule has 4 nitrogen and oxygen atoms in total. The predicted octanol–water partition coefficient (Wildman–Crippen LogP) is 2.86. The highest BCUT2D eigenvalue weighted by atomic mass is 16.5. The van der Waals surface area contributed by atoms with Crippen molar-refractivity contribution in [3.05, 3.63) is 17.6 Å². The molecule has 0 saturated carbocycles. The molecule has 0 aliphatic carbocycles. The Hall–Kier alpha value is -1.45. The fraction of sp³-hybridized carbons (Fsp3) is 0.545. The summed E-state index contributed by atoms with van der Waals surface area (Å²) in [4.78, 5) is 0. The number of hydrogen-bond donors (Lipinski definition) is 0. The van der Waals surface area contributed by atoms with Crippen molar-refractivity contribution >= 4 is 11.0 Å². The largest absolute Gasteiger partial charge is 0.354 e. The van der Waals surface area contributed by atoms with Crippen molar-refractivity contribution in [3.8, 4) is 0 Å². The van der Waals surface area contributed by atoms with Crippen LogP contribution in [0.5, 0.6) is 0 Å². The average Bonchev–Trinajstić information content (AvgIpc) is 2.63. The highest BCUT2D eigenvalue weighted by molar-refractivity contribution is 5.80. The summed E-state index contributed by atoms with van der Waals surface area (Å²) in [6.45, 7) is 8.32. The van der Waals surface area contributed by atoms with Crippen LogP contribution < -0.4 is 0 Å². The van der Waals surface area contributed by atoms with Crippen molar-refractivity contribution in [3.63, 3.8) is 0 Å². The Morgan fingerprint density at radius 2 is 1.60 bits per heavy atom. The van der Waals surface area contributed by atoms with Crippen LogP contribution in [0.1, 0.15) is 50.9 Å². The van der Waals surface area contributed by atoms with Gasteiger partial charge in [0.25, 0.3) is 0 Å². The van der Waals surface area contributed by atoms with E-state index in [4.69, 9.17) is 4.52 Å². The van der Waals surface area contributed by atoms with Gasteiger partial charge < -0.3 is 4.52 Å². The first kappa shape index (κ1) is 10.1. The van der Waals surface area contributed by atoms with Gasteiger partial charge in [0.1, 0.15) is 5.69 Å². The van der Waals surface area contributed by atoms with Crippen LogP contribution >= 0.6 is 0 Å². The molecule has 80 valence electrons. The summed E-state index contributed by atoms with van der Waals surface area (Å²) in [5, 5.41) is 13.3. The average molecular weight is 205 g/mol. The van der Waals surface area contributed by atoms with Gasteiger partial charge in [0.05, 0.1) is 17.3 Å². The van der Waals surface area contributed by atoms with Crippen molar-refractivity contribution < 1.29 is 4.52 Å². The second kappa shape index (κ2) is 3.61. The molecule has 0 saturated heterocycles. The molecule has 0 aliphatic rings. The third kappa shape index (κ3) is 1.60. The molecule has 0 fully saturated rings. The van der Waals surface area contributed by atoms with Crippen LogP contribution in [-0.4, -0.2) is 15.4 Å². The van der Waals surface area contributed by atoms with Gasteiger partial charge in [-0.1, -0.05) is 32.9 Å². The summed E-state index contributed by atoms with van der Waals surface area (Å²) in [6, 6.07) is 0. The summed E-state index contributed by atoms with van der Waals surface area (Å²) < 4.78 is 5.25. The molecule has 0 atom stereocenters. The first-order valence-corrected chi connectivity index (χ1v) is 5.22. The summed E-state index contributed by atoms with van der Waals surface area (Å²) in [6.07, 6.45) is 1.73. The molecule has 2 heterocycles. The fourth-order valence-electron chi connectivity index (χ4n) is 1.62. The minimum Gasteiger partial charge on any atom is -0.354 e. The number of nitrogens with zero attached hydrogens (tertiary/aromatic N) is 3. The SMILES string of the molecule is CC(C)c1nnc(C(C)C)c2oncc12. The molecule has 0 spiro atoms. The molecule has 4 heteroatoms. The van der Waals surface area contributed by atoms with E-state index < -0.39 is 0 Å². The molecule has 0 amide bonds. The molecule has 2 aromatic heterocycles. The number of fused-ring (bicyclic) bond motifs is 1. The van der Waals surface area contributed by atoms with E-state index >= 15 is 0 Å². The molecular weight excluding hydrogens is 190 g/mol. The Kier molecular flexibility index (Phi) is 2.42. The summed E-state index contributed by atoms with van der Waals surface area (Å²) in [5.41, 5.74) is 2.62. The van der Waals surface area contributed by atoms with Gasteiger partial charge in [-0.2, -0.15) is 10.2 Å². The maximum Gasteiger partial charge on any atom is 0.192 e. The lowest BCUT2D eigenvalue weighted by atomic mass is 10.0. The van der Waals surface area contributed by atoms with Crippen molar-refractivity contribution in [2.45, 2.75) is 39.5 Å². The number of aromatic nitrogens is 3. The van der Waals surface area contributed by atoms with Crippen LogP contribution in [0.15, 0.2) is 10.7 Å². The van der Waals surface area contributed by atoms with Crippen LogP contribution in [0.25, 0.3) is 11.0 Å². The molecular formula is C11H15N3O. The van der Waals surface area contributed by atoms with Crippen LogP contribution in [0.3, 0.4) is 0 Å². The van der Waals surface area contributed by atoms with E-state index in [0.29, 0.717) is 11.8 Å². The lowest BCUT2D eigenvalue weighted by Gasteiger charge is -2.07. The third-order valence-corrected chi connectivity index (χ3v) is 2.44. The summed E-state index contributed by atoms with van der Waals surface area (Å²) in [7, 11) is 0. The lowest BCUT2D eigenvalue weighted by molar-refractivity contribution is 0.450. The third-order valence-electron chi connectivity index (χ3n) is 2.44. The molecule has 15 heavy (non-hydrogen) atoms. The Morgan fingerprint density at radius 1 is 1.00 bits per heavy atom. The van der Waals surface area contributed by atoms with Crippen molar-refractivity contribution in [2.75, 3.05) is 0 Å². The van der Waals surface area contributed by atoms with Gasteiger partial charge >= 0.3 is 0 Å². The Balaban J connectivity index is 2.71. The van der Waals surface area contributed by atoms with Gasteiger partial charge in [0, 0.05) is 5.92 Å². The maximum absolute atomic E-state index is 5.25. The van der Waals surface area contributed by atoms with Crippen LogP contribution in [0.2, 0.25) is 0 Å². The number of hydrogen-bond acceptors (Lipinski definition) is 4. The van der Waals surface area contributed by atoms with E-state index in [1.165, 1.54) is 0 Å². The normalized spacial score (nSPS) is 11.9. The maximum atomic E-state index is 5.25. The molecule has 0 bridgehead atoms. The topological polar surface area (TPSA) is 51.8 Å². The zero-order valence-electron chi connectivity index (χ0n) is 9.48. The minimum atomic E-state index is 0.300. The highest BCUT2D eigenvalue weighted by Gasteiger charge is 2.17. The minimum absolute atomic E-state index is 0.300. The van der Waals surface area contributed by atoms with Gasteiger partial charge in [-0.05, 0) is 5.92 Å². The van der Waals surface area contributed by atoms with E-state index in [1.807, 2.05) is 0 Å². The van der Waals surface area contributed by atoms with Gasteiger partial charge in [-0.15, -0.1) is 0 Å². The van der Waals surface area contributed by atoms with Crippen LogP contribution in [0.4, 0.5) is 0 Å². The zero-order valence-corrected chi connectivity index (χ0v) is 9.48. The lowest BCUT2D eigenvalue weighted by Crippen LogP contribution is -2.01. The highest BCUT2D eigenvalue weighted by Crippen LogP contribution is 2.27. The Morgan fingerprint density at radius 3 is 2.20 bits per heavy atom. The van der Waals surface area contributed by atoms with E-state index in [0.717, 1.165) is 22.4 Å². The first-order valence-electron chi connectivity index (χ1n) is 5.22.